The minimum Gasteiger partial charge on any atom is -0.338 e. The topological polar surface area (TPSA) is 78.3 Å². The number of amides is 1. The third-order valence-corrected chi connectivity index (χ3v) is 6.97. The fourth-order valence-corrected chi connectivity index (χ4v) is 5.30. The van der Waals surface area contributed by atoms with Crippen LogP contribution in [0.15, 0.2) is 42.0 Å². The summed E-state index contributed by atoms with van der Waals surface area (Å²) in [6.45, 7) is 5.50. The van der Waals surface area contributed by atoms with Gasteiger partial charge in [-0.2, -0.15) is 5.10 Å². The molecule has 0 radical (unpaired) electrons. The van der Waals surface area contributed by atoms with Crippen molar-refractivity contribution in [2.45, 2.75) is 39.0 Å². The second-order valence-corrected chi connectivity index (χ2v) is 8.93. The number of hydrogen-bond donors (Lipinski definition) is 2. The van der Waals surface area contributed by atoms with E-state index in [-0.39, 0.29) is 11.8 Å². The van der Waals surface area contributed by atoms with E-state index < -0.39 is 0 Å². The van der Waals surface area contributed by atoms with Gasteiger partial charge in [-0.15, -0.1) is 11.3 Å². The monoisotopic (exact) mass is 434 g/mol. The number of piperidine rings is 1. The predicted molar refractivity (Wildman–Crippen MR) is 123 cm³/mol. The van der Waals surface area contributed by atoms with Crippen LogP contribution in [0.25, 0.3) is 4.83 Å². The first-order valence-corrected chi connectivity index (χ1v) is 11.6. The quantitative estimate of drug-likeness (QED) is 0.475. The number of hydrogen-bond acceptors (Lipinski definition) is 5. The van der Waals surface area contributed by atoms with E-state index in [0.717, 1.165) is 53.7 Å². The van der Waals surface area contributed by atoms with Crippen molar-refractivity contribution in [3.8, 4) is 0 Å². The Kier molecular flexibility index (Phi) is 5.23. The Morgan fingerprint density at radius 2 is 2.23 bits per heavy atom. The summed E-state index contributed by atoms with van der Waals surface area (Å²) in [6.07, 6.45) is 6.65. The molecule has 0 bridgehead atoms. The molecule has 3 aromatic heterocycles. The summed E-state index contributed by atoms with van der Waals surface area (Å²) in [5.41, 5.74) is 4.90. The van der Waals surface area contributed by atoms with Gasteiger partial charge in [-0.05, 0) is 37.8 Å². The Balaban J connectivity index is 1.43. The summed E-state index contributed by atoms with van der Waals surface area (Å²) in [5, 5.41) is 12.5. The van der Waals surface area contributed by atoms with Gasteiger partial charge in [-0.3, -0.25) is 14.3 Å². The lowest BCUT2D eigenvalue weighted by Crippen LogP contribution is -2.39. The molecule has 5 rings (SSSR count). The smallest absolute Gasteiger partial charge is 0.257 e. The first-order valence-electron chi connectivity index (χ1n) is 10.7. The molecule has 0 spiro atoms. The maximum Gasteiger partial charge on any atom is 0.257 e. The molecular formula is C23H26N6OS. The molecule has 1 aromatic carbocycles. The fourth-order valence-electron chi connectivity index (χ4n) is 4.39. The Morgan fingerprint density at radius 3 is 3.03 bits per heavy atom. The van der Waals surface area contributed by atoms with E-state index in [4.69, 9.17) is 4.98 Å². The van der Waals surface area contributed by atoms with Gasteiger partial charge in [0.1, 0.15) is 4.83 Å². The van der Waals surface area contributed by atoms with Gasteiger partial charge in [0.25, 0.3) is 5.91 Å². The number of carbonyl (C=O) groups excluding carboxylic acids is 1. The van der Waals surface area contributed by atoms with Crippen molar-refractivity contribution in [1.29, 1.82) is 0 Å². The fraction of sp³-hybridized carbons (Fsp3) is 0.348. The molecule has 7 nitrogen and oxygen atoms in total. The van der Waals surface area contributed by atoms with E-state index in [9.17, 15) is 4.79 Å². The average Bonchev–Trinajstić information content (AvgIpc) is 3.52. The number of para-hydroxylation sites is 1. The molecule has 31 heavy (non-hydrogen) atoms. The highest BCUT2D eigenvalue weighted by Crippen LogP contribution is 2.35. The number of benzene rings is 1. The first kappa shape index (κ1) is 19.8. The molecule has 1 unspecified atom stereocenters. The van der Waals surface area contributed by atoms with E-state index >= 15 is 0 Å². The molecule has 0 aliphatic carbocycles. The Hall–Kier alpha value is -3.13. The number of likely N-dealkylation sites (tertiary alicyclic amines) is 1. The molecule has 4 heterocycles. The van der Waals surface area contributed by atoms with Crippen LogP contribution in [0, 0.1) is 6.92 Å². The van der Waals surface area contributed by atoms with Crippen LogP contribution in [0.4, 0.5) is 11.6 Å². The van der Waals surface area contributed by atoms with E-state index in [1.807, 2.05) is 17.9 Å². The second-order valence-electron chi connectivity index (χ2n) is 8.03. The summed E-state index contributed by atoms with van der Waals surface area (Å²) in [7, 11) is 0. The van der Waals surface area contributed by atoms with Crippen molar-refractivity contribution in [1.82, 2.24) is 24.5 Å². The maximum atomic E-state index is 13.0. The van der Waals surface area contributed by atoms with Gasteiger partial charge in [0, 0.05) is 42.0 Å². The lowest BCUT2D eigenvalue weighted by molar-refractivity contribution is 0.0706. The number of fused-ring (bicyclic) bond motifs is 1. The molecule has 1 aliphatic rings. The zero-order valence-electron chi connectivity index (χ0n) is 17.8. The molecule has 1 amide bonds. The van der Waals surface area contributed by atoms with Crippen LogP contribution in [-0.2, 0) is 6.42 Å². The van der Waals surface area contributed by atoms with Gasteiger partial charge in [-0.25, -0.2) is 4.98 Å². The molecule has 160 valence electrons. The Labute approximate surface area is 185 Å². The number of thiazole rings is 1. The number of anilines is 2. The highest BCUT2D eigenvalue weighted by molar-refractivity contribution is 7.15. The van der Waals surface area contributed by atoms with Crippen LogP contribution >= 0.6 is 11.3 Å². The van der Waals surface area contributed by atoms with E-state index in [1.54, 1.807) is 17.5 Å². The zero-order valence-corrected chi connectivity index (χ0v) is 18.6. The normalized spacial score (nSPS) is 16.7. The van der Waals surface area contributed by atoms with Crippen LogP contribution in [-0.4, -0.2) is 43.5 Å². The highest BCUT2D eigenvalue weighted by Gasteiger charge is 2.30. The van der Waals surface area contributed by atoms with Crippen molar-refractivity contribution >= 4 is 33.7 Å². The Morgan fingerprint density at radius 1 is 1.35 bits per heavy atom. The summed E-state index contributed by atoms with van der Waals surface area (Å²) in [6, 6.07) is 8.35. The minimum absolute atomic E-state index is 0.0489. The molecule has 1 aliphatic heterocycles. The van der Waals surface area contributed by atoms with E-state index in [1.165, 1.54) is 5.56 Å². The molecule has 1 saturated heterocycles. The number of H-pyrrole nitrogens is 1. The van der Waals surface area contributed by atoms with Crippen molar-refractivity contribution in [2.24, 2.45) is 0 Å². The summed E-state index contributed by atoms with van der Waals surface area (Å²) < 4.78 is 2.13. The molecular weight excluding hydrogens is 408 g/mol. The van der Waals surface area contributed by atoms with Gasteiger partial charge >= 0.3 is 0 Å². The molecule has 2 N–H and O–H groups in total. The number of aromatic amines is 1. The van der Waals surface area contributed by atoms with Gasteiger partial charge in [-0.1, -0.05) is 25.1 Å². The van der Waals surface area contributed by atoms with Crippen LogP contribution in [0.5, 0.6) is 0 Å². The SMILES string of the molecule is CCc1ccccc1Nc1nc(C2CCCN(C(=O)c3cn[nH]c3C)C2)c2sccn12. The van der Waals surface area contributed by atoms with Gasteiger partial charge in [0.05, 0.1) is 17.5 Å². The maximum absolute atomic E-state index is 13.0. The standard InChI is InChI=1S/C23H26N6OS/c1-3-16-7-4-5-9-19(16)25-23-26-20(22-29(23)11-12-31-22)17-8-6-10-28(14-17)21(30)18-13-24-27-15(18)2/h4-5,7,9,11-13,17H,3,6,8,10,14H2,1-2H3,(H,24,27)(H,25,26). The number of nitrogens with zero attached hydrogens (tertiary/aromatic N) is 4. The highest BCUT2D eigenvalue weighted by atomic mass is 32.1. The van der Waals surface area contributed by atoms with E-state index in [2.05, 4.69) is 56.6 Å². The number of imidazole rings is 1. The number of aryl methyl sites for hydroxylation is 2. The summed E-state index contributed by atoms with van der Waals surface area (Å²) in [4.78, 5) is 21.1. The van der Waals surface area contributed by atoms with E-state index in [0.29, 0.717) is 12.1 Å². The molecule has 1 fully saturated rings. The number of aromatic nitrogens is 4. The number of rotatable bonds is 5. The van der Waals surface area contributed by atoms with Crippen molar-refractivity contribution in [3.63, 3.8) is 0 Å². The predicted octanol–water partition coefficient (Wildman–Crippen LogP) is 4.75. The van der Waals surface area contributed by atoms with Gasteiger partial charge < -0.3 is 10.2 Å². The minimum atomic E-state index is 0.0489. The van der Waals surface area contributed by atoms with Crippen molar-refractivity contribution in [2.75, 3.05) is 18.4 Å². The molecule has 1 atom stereocenters. The number of nitrogens with one attached hydrogen (secondary N) is 2. The lowest BCUT2D eigenvalue weighted by Gasteiger charge is -2.32. The van der Waals surface area contributed by atoms with Crippen molar-refractivity contribution < 1.29 is 4.79 Å². The van der Waals surface area contributed by atoms with Crippen LogP contribution in [0.2, 0.25) is 0 Å². The van der Waals surface area contributed by atoms with Gasteiger partial charge in [0.2, 0.25) is 5.95 Å². The third-order valence-electron chi connectivity index (χ3n) is 6.08. The third kappa shape index (κ3) is 3.61. The van der Waals surface area contributed by atoms with Gasteiger partial charge in [0.15, 0.2) is 0 Å². The molecule has 0 saturated carbocycles. The molecule has 8 heteroatoms. The van der Waals surface area contributed by atoms with Crippen molar-refractivity contribution in [3.05, 3.63) is 64.6 Å². The van der Waals surface area contributed by atoms with Crippen LogP contribution in [0.3, 0.4) is 0 Å². The number of carbonyl (C=O) groups is 1. The van der Waals surface area contributed by atoms with Crippen LogP contribution in [0.1, 0.15) is 53.0 Å². The Bertz CT molecular complexity index is 1220. The second kappa shape index (κ2) is 8.19. The lowest BCUT2D eigenvalue weighted by atomic mass is 9.94. The largest absolute Gasteiger partial charge is 0.338 e. The average molecular weight is 435 g/mol. The summed E-state index contributed by atoms with van der Waals surface area (Å²) >= 11 is 1.70. The zero-order chi connectivity index (χ0) is 21.4. The van der Waals surface area contributed by atoms with Crippen LogP contribution < -0.4 is 5.32 Å². The molecule has 4 aromatic rings. The summed E-state index contributed by atoms with van der Waals surface area (Å²) in [5.74, 6) is 1.10. The first-order chi connectivity index (χ1) is 15.2.